The number of benzene rings is 1. The molecule has 1 rings (SSSR count). The van der Waals surface area contributed by atoms with Gasteiger partial charge in [-0.1, -0.05) is 0 Å². The average molecular weight is 256 g/mol. The van der Waals surface area contributed by atoms with Gasteiger partial charge >= 0.3 is 5.69 Å². The minimum Gasteiger partial charge on any atom is -0.490 e. The molecule has 7 heteroatoms. The maximum Gasteiger partial charge on any atom is 0.333 e. The van der Waals surface area contributed by atoms with Crippen molar-refractivity contribution in [2.45, 2.75) is 12.8 Å². The lowest BCUT2D eigenvalue weighted by atomic mass is 9.98. The van der Waals surface area contributed by atoms with Crippen molar-refractivity contribution < 1.29 is 19.9 Å². The lowest BCUT2D eigenvalue weighted by Crippen LogP contribution is -2.08. The highest BCUT2D eigenvalue weighted by Crippen LogP contribution is 2.39. The van der Waals surface area contributed by atoms with E-state index in [9.17, 15) is 10.1 Å². The number of hydrogen-bond donors (Lipinski definition) is 3. The normalized spacial score (nSPS) is 10.4. The number of nitrogens with two attached hydrogens (primary N) is 1. The minimum absolute atomic E-state index is 0.0120. The molecule has 0 heterocycles. The van der Waals surface area contributed by atoms with Crippen LogP contribution < -0.4 is 10.5 Å². The number of nitrogens with zero attached hydrogens (tertiary/aromatic N) is 1. The van der Waals surface area contributed by atoms with Crippen LogP contribution in [0.25, 0.3) is 0 Å². The average Bonchev–Trinajstić information content (AvgIpc) is 2.31. The fourth-order valence-electron chi connectivity index (χ4n) is 1.90. The van der Waals surface area contributed by atoms with Gasteiger partial charge in [0.15, 0.2) is 0 Å². The standard InChI is InChI=1S/C11H16N2O5/c1-18-11-8(3-5-15)7(2-4-14)6-9(12)10(11)13(16)17/h6,14-15H,2-5,12H2,1H3. The van der Waals surface area contributed by atoms with Gasteiger partial charge in [0.05, 0.1) is 12.0 Å². The summed E-state index contributed by atoms with van der Waals surface area (Å²) in [7, 11) is 1.31. The zero-order chi connectivity index (χ0) is 13.7. The molecule has 1 aromatic rings. The number of ether oxygens (including phenoxy) is 1. The smallest absolute Gasteiger partial charge is 0.333 e. The molecule has 0 atom stereocenters. The van der Waals surface area contributed by atoms with Crippen molar-refractivity contribution in [2.24, 2.45) is 0 Å². The van der Waals surface area contributed by atoms with Crippen molar-refractivity contribution >= 4 is 11.4 Å². The summed E-state index contributed by atoms with van der Waals surface area (Å²) in [6.45, 7) is -0.283. The van der Waals surface area contributed by atoms with E-state index in [2.05, 4.69) is 0 Å². The van der Waals surface area contributed by atoms with Gasteiger partial charge in [0, 0.05) is 18.8 Å². The van der Waals surface area contributed by atoms with Crippen LogP contribution in [-0.2, 0) is 12.8 Å². The topological polar surface area (TPSA) is 119 Å². The predicted molar refractivity (Wildman–Crippen MR) is 65.6 cm³/mol. The summed E-state index contributed by atoms with van der Waals surface area (Å²) >= 11 is 0. The number of hydrogen-bond acceptors (Lipinski definition) is 6. The number of rotatable bonds is 6. The Kier molecular flexibility index (Phi) is 4.87. The van der Waals surface area contributed by atoms with Gasteiger partial charge in [-0.2, -0.15) is 0 Å². The Morgan fingerprint density at radius 2 is 2.00 bits per heavy atom. The Morgan fingerprint density at radius 1 is 1.39 bits per heavy atom. The number of nitro benzene ring substituents is 1. The molecule has 0 radical (unpaired) electrons. The number of nitrogen functional groups attached to an aromatic ring is 1. The van der Waals surface area contributed by atoms with Crippen molar-refractivity contribution in [3.63, 3.8) is 0 Å². The molecule has 0 aliphatic heterocycles. The van der Waals surface area contributed by atoms with Crippen LogP contribution in [0.4, 0.5) is 11.4 Å². The number of nitro groups is 1. The fourth-order valence-corrected chi connectivity index (χ4v) is 1.90. The van der Waals surface area contributed by atoms with Crippen LogP contribution in [0.2, 0.25) is 0 Å². The van der Waals surface area contributed by atoms with Crippen LogP contribution in [0.1, 0.15) is 11.1 Å². The Balaban J connectivity index is 3.49. The molecule has 7 nitrogen and oxygen atoms in total. The molecule has 0 saturated heterocycles. The van der Waals surface area contributed by atoms with Gasteiger partial charge in [0.25, 0.3) is 0 Å². The molecule has 0 fully saturated rings. The molecule has 0 aromatic heterocycles. The third-order valence-electron chi connectivity index (χ3n) is 2.61. The van der Waals surface area contributed by atoms with E-state index in [4.69, 9.17) is 20.7 Å². The first-order valence-corrected chi connectivity index (χ1v) is 5.41. The SMILES string of the molecule is COc1c(CCO)c(CCO)cc(N)c1[N+](=O)[O-]. The maximum atomic E-state index is 11.0. The van der Waals surface area contributed by atoms with E-state index < -0.39 is 4.92 Å². The largest absolute Gasteiger partial charge is 0.490 e. The van der Waals surface area contributed by atoms with Gasteiger partial charge < -0.3 is 20.7 Å². The van der Waals surface area contributed by atoms with E-state index in [-0.39, 0.29) is 36.8 Å². The third kappa shape index (κ3) is 2.69. The minimum atomic E-state index is -0.613. The highest BCUT2D eigenvalue weighted by Gasteiger charge is 2.25. The molecule has 18 heavy (non-hydrogen) atoms. The lowest BCUT2D eigenvalue weighted by molar-refractivity contribution is -0.384. The van der Waals surface area contributed by atoms with Crippen molar-refractivity contribution in [3.8, 4) is 5.75 Å². The highest BCUT2D eigenvalue weighted by molar-refractivity contribution is 5.70. The van der Waals surface area contributed by atoms with E-state index in [1.807, 2.05) is 0 Å². The Hall–Kier alpha value is -1.86. The lowest BCUT2D eigenvalue weighted by Gasteiger charge is -2.14. The number of anilines is 1. The third-order valence-corrected chi connectivity index (χ3v) is 2.61. The second-order valence-electron chi connectivity index (χ2n) is 3.69. The predicted octanol–water partition coefficient (Wildman–Crippen LogP) is 0.255. The Labute approximate surface area is 104 Å². The summed E-state index contributed by atoms with van der Waals surface area (Å²) in [5.41, 5.74) is 6.47. The van der Waals surface area contributed by atoms with Crippen LogP contribution in [0.5, 0.6) is 5.75 Å². The molecule has 0 bridgehead atoms. The molecule has 0 amide bonds. The first-order chi connectivity index (χ1) is 8.56. The zero-order valence-electron chi connectivity index (χ0n) is 10.0. The monoisotopic (exact) mass is 256 g/mol. The highest BCUT2D eigenvalue weighted by atomic mass is 16.6. The molecule has 0 aliphatic rings. The van der Waals surface area contributed by atoms with Gasteiger partial charge in [0.2, 0.25) is 5.75 Å². The summed E-state index contributed by atoms with van der Waals surface area (Å²) in [5, 5.41) is 28.9. The van der Waals surface area contributed by atoms with Gasteiger partial charge in [-0.3, -0.25) is 10.1 Å². The van der Waals surface area contributed by atoms with Crippen LogP contribution in [-0.4, -0.2) is 35.5 Å². The van der Waals surface area contributed by atoms with E-state index in [1.54, 1.807) is 0 Å². The van der Waals surface area contributed by atoms with Crippen molar-refractivity contribution in [3.05, 3.63) is 27.3 Å². The quantitative estimate of drug-likeness (QED) is 0.381. The molecule has 4 N–H and O–H groups in total. The molecular weight excluding hydrogens is 240 g/mol. The van der Waals surface area contributed by atoms with Gasteiger partial charge in [-0.05, 0) is 24.5 Å². The van der Waals surface area contributed by atoms with E-state index in [0.29, 0.717) is 17.5 Å². The number of aliphatic hydroxyl groups is 2. The van der Waals surface area contributed by atoms with Crippen LogP contribution in [0.15, 0.2) is 6.07 Å². The summed E-state index contributed by atoms with van der Waals surface area (Å²) in [6, 6.07) is 1.45. The first kappa shape index (κ1) is 14.2. The summed E-state index contributed by atoms with van der Waals surface area (Å²) in [4.78, 5) is 10.3. The summed E-state index contributed by atoms with van der Waals surface area (Å²) in [5.74, 6) is 0.0532. The zero-order valence-corrected chi connectivity index (χ0v) is 10.0. The van der Waals surface area contributed by atoms with E-state index in [0.717, 1.165) is 0 Å². The fraction of sp³-hybridized carbons (Fsp3) is 0.455. The maximum absolute atomic E-state index is 11.0. The molecule has 0 unspecified atom stereocenters. The molecule has 0 saturated carbocycles. The van der Waals surface area contributed by atoms with Crippen LogP contribution >= 0.6 is 0 Å². The number of methoxy groups -OCH3 is 1. The summed E-state index contributed by atoms with van der Waals surface area (Å²) < 4.78 is 5.04. The molecule has 1 aromatic carbocycles. The second-order valence-corrected chi connectivity index (χ2v) is 3.69. The van der Waals surface area contributed by atoms with Gasteiger partial charge in [0.1, 0.15) is 5.69 Å². The summed E-state index contributed by atoms with van der Waals surface area (Å²) in [6.07, 6.45) is 0.507. The van der Waals surface area contributed by atoms with E-state index in [1.165, 1.54) is 13.2 Å². The Bertz CT molecular complexity index is 448. The van der Waals surface area contributed by atoms with Gasteiger partial charge in [-0.25, -0.2) is 0 Å². The number of aliphatic hydroxyl groups excluding tert-OH is 2. The molecular formula is C11H16N2O5. The van der Waals surface area contributed by atoms with E-state index >= 15 is 0 Å². The molecule has 0 spiro atoms. The second kappa shape index (κ2) is 6.18. The Morgan fingerprint density at radius 3 is 2.44 bits per heavy atom. The van der Waals surface area contributed by atoms with Crippen molar-refractivity contribution in [2.75, 3.05) is 26.1 Å². The molecule has 100 valence electrons. The van der Waals surface area contributed by atoms with Crippen LogP contribution in [0.3, 0.4) is 0 Å². The molecule has 0 aliphatic carbocycles. The van der Waals surface area contributed by atoms with Crippen molar-refractivity contribution in [1.29, 1.82) is 0 Å². The van der Waals surface area contributed by atoms with Crippen molar-refractivity contribution in [1.82, 2.24) is 0 Å². The van der Waals surface area contributed by atoms with Gasteiger partial charge in [-0.15, -0.1) is 0 Å². The first-order valence-electron chi connectivity index (χ1n) is 5.41. The van der Waals surface area contributed by atoms with Crippen LogP contribution in [0, 0.1) is 10.1 Å².